The van der Waals surface area contributed by atoms with Gasteiger partial charge in [-0.25, -0.2) is 21.9 Å². The Bertz CT molecular complexity index is 1020. The Labute approximate surface area is 180 Å². The quantitative estimate of drug-likeness (QED) is 0.541. The first-order valence-electron chi connectivity index (χ1n) is 9.55. The van der Waals surface area contributed by atoms with E-state index in [1.54, 1.807) is 38.1 Å². The summed E-state index contributed by atoms with van der Waals surface area (Å²) in [6.07, 6.45) is 0. The number of nitrogens with one attached hydrogen (secondary N) is 3. The van der Waals surface area contributed by atoms with Crippen LogP contribution in [0.2, 0.25) is 0 Å². The summed E-state index contributed by atoms with van der Waals surface area (Å²) in [6.45, 7) is 3.52. The molecule has 168 valence electrons. The molecule has 31 heavy (non-hydrogen) atoms. The van der Waals surface area contributed by atoms with Gasteiger partial charge in [0.25, 0.3) is 5.91 Å². The molecule has 0 radical (unpaired) electrons. The first-order chi connectivity index (χ1) is 14.5. The molecule has 0 fully saturated rings. The van der Waals surface area contributed by atoms with Crippen molar-refractivity contribution < 1.29 is 26.8 Å². The third-order valence-corrected chi connectivity index (χ3v) is 5.92. The minimum Gasteiger partial charge on any atom is -0.350 e. The Morgan fingerprint density at radius 3 is 2.03 bits per heavy atom. The molecule has 0 aliphatic heterocycles. The molecule has 1 atom stereocenters. The molecule has 0 bridgehead atoms. The third kappa shape index (κ3) is 6.83. The van der Waals surface area contributed by atoms with E-state index in [0.29, 0.717) is 11.1 Å². The van der Waals surface area contributed by atoms with Gasteiger partial charge in [0.2, 0.25) is 15.9 Å². The van der Waals surface area contributed by atoms with E-state index in [0.717, 1.165) is 18.2 Å². The molecule has 2 aromatic carbocycles. The highest BCUT2D eigenvalue weighted by atomic mass is 32.2. The number of hydrogen-bond donors (Lipinski definition) is 3. The van der Waals surface area contributed by atoms with E-state index < -0.39 is 45.1 Å². The highest BCUT2D eigenvalue weighted by Crippen LogP contribution is 2.13. The molecule has 1 unspecified atom stereocenters. The number of amides is 2. The molecule has 3 N–H and O–H groups in total. The Morgan fingerprint density at radius 1 is 0.968 bits per heavy atom. The van der Waals surface area contributed by atoms with Crippen molar-refractivity contribution >= 4 is 21.8 Å². The number of benzene rings is 2. The number of halogens is 2. The van der Waals surface area contributed by atoms with E-state index in [9.17, 15) is 26.8 Å². The highest BCUT2D eigenvalue weighted by molar-refractivity contribution is 7.88. The fourth-order valence-corrected chi connectivity index (χ4v) is 3.58. The first kappa shape index (κ1) is 24.4. The summed E-state index contributed by atoms with van der Waals surface area (Å²) in [5.41, 5.74) is 0.560. The third-order valence-electron chi connectivity index (χ3n) is 4.58. The molecule has 0 aliphatic rings. The molecule has 7 nitrogen and oxygen atoms in total. The Hall–Kier alpha value is -2.85. The van der Waals surface area contributed by atoms with Crippen LogP contribution in [0, 0.1) is 17.6 Å². The normalized spacial score (nSPS) is 12.5. The molecule has 2 amide bonds. The van der Waals surface area contributed by atoms with Gasteiger partial charge in [0, 0.05) is 6.54 Å². The summed E-state index contributed by atoms with van der Waals surface area (Å²) >= 11 is 0. The second kappa shape index (κ2) is 10.5. The Kier molecular flexibility index (Phi) is 8.23. The first-order valence-corrected chi connectivity index (χ1v) is 11.2. The number of rotatable bonds is 9. The topological polar surface area (TPSA) is 104 Å². The van der Waals surface area contributed by atoms with Crippen LogP contribution in [0.15, 0.2) is 42.5 Å². The summed E-state index contributed by atoms with van der Waals surface area (Å²) < 4.78 is 53.1. The van der Waals surface area contributed by atoms with E-state index in [-0.39, 0.29) is 18.2 Å². The lowest BCUT2D eigenvalue weighted by Gasteiger charge is -2.22. The molecule has 0 saturated carbocycles. The van der Waals surface area contributed by atoms with Crippen LogP contribution in [-0.2, 0) is 27.1 Å². The van der Waals surface area contributed by atoms with Crippen LogP contribution in [-0.4, -0.2) is 33.3 Å². The van der Waals surface area contributed by atoms with Gasteiger partial charge in [0.15, 0.2) is 0 Å². The van der Waals surface area contributed by atoms with Gasteiger partial charge in [-0.2, -0.15) is 0 Å². The second-order valence-electron chi connectivity index (χ2n) is 7.29. The number of carbonyl (C=O) groups is 2. The minimum atomic E-state index is -3.39. The van der Waals surface area contributed by atoms with Crippen molar-refractivity contribution in [3.8, 4) is 0 Å². The zero-order chi connectivity index (χ0) is 23.2. The van der Waals surface area contributed by atoms with E-state index >= 15 is 0 Å². The fraction of sp³-hybridized carbons (Fsp3) is 0.333. The number of carbonyl (C=O) groups excluding carboxylic acids is 2. The Balaban J connectivity index is 2.02. The second-order valence-corrected chi connectivity index (χ2v) is 9.22. The SMILES string of the molecule is CNS(=O)(=O)Cc1ccc(CNC(=O)C(NC(=O)c2c(F)cccc2F)C(C)C)cc1. The summed E-state index contributed by atoms with van der Waals surface area (Å²) in [4.78, 5) is 24.9. The van der Waals surface area contributed by atoms with Gasteiger partial charge in [-0.15, -0.1) is 0 Å². The zero-order valence-corrected chi connectivity index (χ0v) is 18.2. The molecule has 2 rings (SSSR count). The maximum atomic E-state index is 13.8. The molecule has 2 aromatic rings. The van der Waals surface area contributed by atoms with Gasteiger partial charge in [-0.05, 0) is 36.2 Å². The van der Waals surface area contributed by atoms with Gasteiger partial charge in [-0.3, -0.25) is 9.59 Å². The lowest BCUT2D eigenvalue weighted by atomic mass is 10.0. The van der Waals surface area contributed by atoms with Crippen LogP contribution in [0.25, 0.3) is 0 Å². The smallest absolute Gasteiger partial charge is 0.257 e. The van der Waals surface area contributed by atoms with Gasteiger partial charge in [0.05, 0.1) is 5.75 Å². The van der Waals surface area contributed by atoms with E-state index in [1.807, 2.05) is 0 Å². The number of hydrogen-bond acceptors (Lipinski definition) is 4. The summed E-state index contributed by atoms with van der Waals surface area (Å²) in [5, 5.41) is 5.06. The maximum Gasteiger partial charge on any atom is 0.257 e. The molecular formula is C21H25F2N3O4S. The molecule has 0 saturated heterocycles. The zero-order valence-electron chi connectivity index (χ0n) is 17.4. The van der Waals surface area contributed by atoms with Crippen LogP contribution < -0.4 is 15.4 Å². The average molecular weight is 454 g/mol. The van der Waals surface area contributed by atoms with Crippen molar-refractivity contribution in [3.63, 3.8) is 0 Å². The van der Waals surface area contributed by atoms with Crippen molar-refractivity contribution in [2.24, 2.45) is 5.92 Å². The average Bonchev–Trinajstić information content (AvgIpc) is 2.70. The molecular weight excluding hydrogens is 428 g/mol. The van der Waals surface area contributed by atoms with Crippen LogP contribution in [0.5, 0.6) is 0 Å². The van der Waals surface area contributed by atoms with Crippen molar-refractivity contribution in [2.75, 3.05) is 7.05 Å². The van der Waals surface area contributed by atoms with E-state index in [1.165, 1.54) is 7.05 Å². The minimum absolute atomic E-state index is 0.130. The van der Waals surface area contributed by atoms with Crippen LogP contribution in [0.3, 0.4) is 0 Å². The van der Waals surface area contributed by atoms with Crippen molar-refractivity contribution in [1.82, 2.24) is 15.4 Å². The number of sulfonamides is 1. The maximum absolute atomic E-state index is 13.8. The predicted octanol–water partition coefficient (Wildman–Crippen LogP) is 2.08. The van der Waals surface area contributed by atoms with Gasteiger partial charge in [-0.1, -0.05) is 44.2 Å². The van der Waals surface area contributed by atoms with Crippen molar-refractivity contribution in [1.29, 1.82) is 0 Å². The monoisotopic (exact) mass is 453 g/mol. The highest BCUT2D eigenvalue weighted by Gasteiger charge is 2.27. The molecule has 0 aliphatic carbocycles. The van der Waals surface area contributed by atoms with Crippen molar-refractivity contribution in [3.05, 3.63) is 70.8 Å². The van der Waals surface area contributed by atoms with Gasteiger partial charge < -0.3 is 10.6 Å². The van der Waals surface area contributed by atoms with E-state index in [4.69, 9.17) is 0 Å². The predicted molar refractivity (Wildman–Crippen MR) is 112 cm³/mol. The van der Waals surface area contributed by atoms with Crippen LogP contribution in [0.4, 0.5) is 8.78 Å². The molecule has 10 heteroatoms. The molecule has 0 aromatic heterocycles. The standard InChI is InChI=1S/C21H25F2N3O4S/c1-13(2)19(26-20(27)18-16(22)5-4-6-17(18)23)21(28)25-11-14-7-9-15(10-8-14)12-31(29,30)24-3/h4-10,13,19,24H,11-12H2,1-3H3,(H,25,28)(H,26,27). The van der Waals surface area contributed by atoms with Crippen molar-refractivity contribution in [2.45, 2.75) is 32.2 Å². The van der Waals surface area contributed by atoms with Crippen LogP contribution in [0.1, 0.15) is 35.3 Å². The summed E-state index contributed by atoms with van der Waals surface area (Å²) in [5.74, 6) is -4.06. The van der Waals surface area contributed by atoms with Crippen LogP contribution >= 0.6 is 0 Å². The summed E-state index contributed by atoms with van der Waals surface area (Å²) in [7, 11) is -2.05. The molecule has 0 heterocycles. The lowest BCUT2D eigenvalue weighted by molar-refractivity contribution is -0.124. The fourth-order valence-electron chi connectivity index (χ4n) is 2.81. The van der Waals surface area contributed by atoms with Gasteiger partial charge >= 0.3 is 0 Å². The summed E-state index contributed by atoms with van der Waals surface area (Å²) in [6, 6.07) is 8.70. The largest absolute Gasteiger partial charge is 0.350 e. The van der Waals surface area contributed by atoms with E-state index in [2.05, 4.69) is 15.4 Å². The Morgan fingerprint density at radius 2 is 1.52 bits per heavy atom. The molecule has 0 spiro atoms. The lowest BCUT2D eigenvalue weighted by Crippen LogP contribution is -2.49. The van der Waals surface area contributed by atoms with Gasteiger partial charge in [0.1, 0.15) is 23.2 Å².